The van der Waals surface area contributed by atoms with Crippen LogP contribution >= 0.6 is 0 Å². The van der Waals surface area contributed by atoms with Crippen molar-refractivity contribution in [1.29, 1.82) is 0 Å². The average molecular weight is 245 g/mol. The first-order chi connectivity index (χ1) is 8.69. The number of hydrogen-bond acceptors (Lipinski definition) is 2. The lowest BCUT2D eigenvalue weighted by atomic mass is 9.81. The molecular weight excluding hydrogens is 222 g/mol. The Kier molecular flexibility index (Phi) is 3.06. The van der Waals surface area contributed by atoms with Gasteiger partial charge < -0.3 is 10.1 Å². The molecule has 2 atom stereocenters. The standard InChI is InChI=1S/C16H23NO/c1-16(10-9-13(11-16)17-2)12-3-5-14(6-4-12)18-15-7-8-15/h3-6,13,15,17H,7-11H2,1-2H3. The molecule has 0 radical (unpaired) electrons. The van der Waals surface area contributed by atoms with Gasteiger partial charge in [-0.3, -0.25) is 0 Å². The summed E-state index contributed by atoms with van der Waals surface area (Å²) >= 11 is 0. The fourth-order valence-electron chi connectivity index (χ4n) is 3.06. The highest BCUT2D eigenvalue weighted by Gasteiger charge is 2.35. The van der Waals surface area contributed by atoms with E-state index in [1.165, 1.54) is 37.7 Å². The molecule has 2 heteroatoms. The molecule has 0 bridgehead atoms. The van der Waals surface area contributed by atoms with E-state index in [1.807, 2.05) is 0 Å². The van der Waals surface area contributed by atoms with E-state index in [1.54, 1.807) is 0 Å². The summed E-state index contributed by atoms with van der Waals surface area (Å²) in [6, 6.07) is 9.49. The molecule has 2 unspecified atom stereocenters. The molecule has 2 saturated carbocycles. The number of rotatable bonds is 4. The fourth-order valence-corrected chi connectivity index (χ4v) is 3.06. The van der Waals surface area contributed by atoms with E-state index in [2.05, 4.69) is 43.6 Å². The molecule has 1 aromatic carbocycles. The van der Waals surface area contributed by atoms with Crippen LogP contribution in [-0.4, -0.2) is 19.2 Å². The highest BCUT2D eigenvalue weighted by Crippen LogP contribution is 2.41. The first-order valence-electron chi connectivity index (χ1n) is 7.14. The second kappa shape index (κ2) is 4.58. The number of ether oxygens (including phenoxy) is 1. The van der Waals surface area contributed by atoms with Gasteiger partial charge in [-0.15, -0.1) is 0 Å². The van der Waals surface area contributed by atoms with Crippen molar-refractivity contribution in [2.75, 3.05) is 7.05 Å². The van der Waals surface area contributed by atoms with Crippen LogP contribution in [0.25, 0.3) is 0 Å². The molecule has 0 amide bonds. The van der Waals surface area contributed by atoms with Crippen LogP contribution < -0.4 is 10.1 Å². The van der Waals surface area contributed by atoms with Crippen LogP contribution in [0.5, 0.6) is 5.75 Å². The molecule has 2 nitrogen and oxygen atoms in total. The van der Waals surface area contributed by atoms with Gasteiger partial charge in [-0.1, -0.05) is 19.1 Å². The maximum atomic E-state index is 5.81. The number of benzene rings is 1. The van der Waals surface area contributed by atoms with E-state index in [4.69, 9.17) is 4.74 Å². The lowest BCUT2D eigenvalue weighted by Crippen LogP contribution is -2.25. The third-order valence-electron chi connectivity index (χ3n) is 4.53. The summed E-state index contributed by atoms with van der Waals surface area (Å²) in [4.78, 5) is 0. The highest BCUT2D eigenvalue weighted by atomic mass is 16.5. The predicted octanol–water partition coefficient (Wildman–Crippen LogP) is 3.26. The highest BCUT2D eigenvalue weighted by molar-refractivity contribution is 5.33. The molecular formula is C16H23NO. The topological polar surface area (TPSA) is 21.3 Å². The average Bonchev–Trinajstić information content (AvgIpc) is 3.11. The molecule has 2 aliphatic carbocycles. The first-order valence-corrected chi connectivity index (χ1v) is 7.14. The van der Waals surface area contributed by atoms with Gasteiger partial charge in [-0.2, -0.15) is 0 Å². The van der Waals surface area contributed by atoms with Gasteiger partial charge in [-0.05, 0) is 62.3 Å². The quantitative estimate of drug-likeness (QED) is 0.879. The summed E-state index contributed by atoms with van der Waals surface area (Å²) in [6.07, 6.45) is 6.75. The van der Waals surface area contributed by atoms with Gasteiger partial charge in [0.1, 0.15) is 5.75 Å². The zero-order chi connectivity index (χ0) is 12.6. The maximum Gasteiger partial charge on any atom is 0.119 e. The van der Waals surface area contributed by atoms with Crippen LogP contribution in [0.4, 0.5) is 0 Å². The Balaban J connectivity index is 1.71. The molecule has 2 fully saturated rings. The van der Waals surface area contributed by atoms with Gasteiger partial charge in [0.2, 0.25) is 0 Å². The minimum Gasteiger partial charge on any atom is -0.490 e. The Morgan fingerprint density at radius 2 is 1.89 bits per heavy atom. The van der Waals surface area contributed by atoms with Crippen molar-refractivity contribution < 1.29 is 4.74 Å². The molecule has 18 heavy (non-hydrogen) atoms. The lowest BCUT2D eigenvalue weighted by Gasteiger charge is -2.25. The van der Waals surface area contributed by atoms with Crippen LogP contribution in [0.2, 0.25) is 0 Å². The summed E-state index contributed by atoms with van der Waals surface area (Å²) in [5.41, 5.74) is 1.80. The molecule has 0 aliphatic heterocycles. The lowest BCUT2D eigenvalue weighted by molar-refractivity contribution is 0.303. The Morgan fingerprint density at radius 1 is 1.17 bits per heavy atom. The molecule has 1 N–H and O–H groups in total. The van der Waals surface area contributed by atoms with E-state index in [-0.39, 0.29) is 0 Å². The minimum atomic E-state index is 0.339. The first kappa shape index (κ1) is 12.0. The molecule has 0 aromatic heterocycles. The van der Waals surface area contributed by atoms with Gasteiger partial charge in [0.25, 0.3) is 0 Å². The van der Waals surface area contributed by atoms with Gasteiger partial charge in [0.05, 0.1) is 6.10 Å². The molecule has 98 valence electrons. The monoisotopic (exact) mass is 245 g/mol. The Bertz CT molecular complexity index is 410. The molecule has 0 saturated heterocycles. The van der Waals surface area contributed by atoms with Crippen molar-refractivity contribution in [3.05, 3.63) is 29.8 Å². The van der Waals surface area contributed by atoms with Crippen molar-refractivity contribution in [3.8, 4) is 5.75 Å². The van der Waals surface area contributed by atoms with Crippen LogP contribution in [0.3, 0.4) is 0 Å². The second-order valence-corrected chi connectivity index (χ2v) is 6.13. The van der Waals surface area contributed by atoms with Gasteiger partial charge in [0.15, 0.2) is 0 Å². The Hall–Kier alpha value is -1.02. The molecule has 1 aromatic rings. The summed E-state index contributed by atoms with van der Waals surface area (Å²) in [5.74, 6) is 1.04. The van der Waals surface area contributed by atoms with E-state index in [9.17, 15) is 0 Å². The van der Waals surface area contributed by atoms with Crippen molar-refractivity contribution >= 4 is 0 Å². The van der Waals surface area contributed by atoms with Gasteiger partial charge in [0, 0.05) is 6.04 Å². The zero-order valence-corrected chi connectivity index (χ0v) is 11.4. The Morgan fingerprint density at radius 3 is 2.44 bits per heavy atom. The van der Waals surface area contributed by atoms with Crippen LogP contribution in [0.15, 0.2) is 24.3 Å². The SMILES string of the molecule is CNC1CCC(C)(c2ccc(OC3CC3)cc2)C1. The summed E-state index contributed by atoms with van der Waals surface area (Å²) in [7, 11) is 2.07. The molecule has 2 aliphatic rings. The van der Waals surface area contributed by atoms with Gasteiger partial charge in [-0.25, -0.2) is 0 Å². The summed E-state index contributed by atoms with van der Waals surface area (Å²) in [6.45, 7) is 2.39. The van der Waals surface area contributed by atoms with Crippen molar-refractivity contribution in [2.24, 2.45) is 0 Å². The van der Waals surface area contributed by atoms with Crippen molar-refractivity contribution in [2.45, 2.75) is 56.6 Å². The zero-order valence-electron chi connectivity index (χ0n) is 11.4. The van der Waals surface area contributed by atoms with Crippen molar-refractivity contribution in [1.82, 2.24) is 5.32 Å². The minimum absolute atomic E-state index is 0.339. The van der Waals surface area contributed by atoms with E-state index < -0.39 is 0 Å². The third kappa shape index (κ3) is 2.39. The summed E-state index contributed by atoms with van der Waals surface area (Å²) in [5, 5.41) is 3.41. The second-order valence-electron chi connectivity index (χ2n) is 6.13. The predicted molar refractivity (Wildman–Crippen MR) is 74.1 cm³/mol. The van der Waals surface area contributed by atoms with Crippen LogP contribution in [0.1, 0.15) is 44.6 Å². The van der Waals surface area contributed by atoms with E-state index in [0.29, 0.717) is 17.6 Å². The maximum absolute atomic E-state index is 5.81. The van der Waals surface area contributed by atoms with Crippen molar-refractivity contribution in [3.63, 3.8) is 0 Å². The molecule has 3 rings (SSSR count). The van der Waals surface area contributed by atoms with Crippen LogP contribution in [0, 0.1) is 0 Å². The third-order valence-corrected chi connectivity index (χ3v) is 4.53. The fraction of sp³-hybridized carbons (Fsp3) is 0.625. The van der Waals surface area contributed by atoms with Crippen LogP contribution in [-0.2, 0) is 5.41 Å². The van der Waals surface area contributed by atoms with E-state index in [0.717, 1.165) is 5.75 Å². The van der Waals surface area contributed by atoms with Gasteiger partial charge >= 0.3 is 0 Å². The Labute approximate surface area is 110 Å². The largest absolute Gasteiger partial charge is 0.490 e. The number of hydrogen-bond donors (Lipinski definition) is 1. The molecule has 0 heterocycles. The summed E-state index contributed by atoms with van der Waals surface area (Å²) < 4.78 is 5.81. The normalized spacial score (nSPS) is 31.6. The van der Waals surface area contributed by atoms with E-state index >= 15 is 0 Å². The smallest absolute Gasteiger partial charge is 0.119 e. The molecule has 0 spiro atoms. The number of nitrogens with one attached hydrogen (secondary N) is 1.